The van der Waals surface area contributed by atoms with E-state index in [0.717, 1.165) is 43.5 Å². The maximum Gasteiger partial charge on any atom is 0.501 e. The molecule has 11 heteroatoms. The van der Waals surface area contributed by atoms with Gasteiger partial charge in [-0.15, -0.1) is 0 Å². The van der Waals surface area contributed by atoms with Gasteiger partial charge in [0, 0.05) is 17.6 Å². The molecule has 3 amide bonds. The van der Waals surface area contributed by atoms with E-state index in [1.165, 1.54) is 12.2 Å². The molecule has 1 aromatic rings. The fourth-order valence-electron chi connectivity index (χ4n) is 4.96. The van der Waals surface area contributed by atoms with Crippen LogP contribution in [0.2, 0.25) is 0 Å². The smallest absolute Gasteiger partial charge is 0.357 e. The minimum Gasteiger partial charge on any atom is -0.357 e. The van der Waals surface area contributed by atoms with Gasteiger partial charge in [0.25, 0.3) is 0 Å². The van der Waals surface area contributed by atoms with Crippen molar-refractivity contribution in [3.8, 4) is 0 Å². The monoisotopic (exact) mass is 502 g/mol. The van der Waals surface area contributed by atoms with Crippen LogP contribution in [0, 0.1) is 12.8 Å². The lowest BCUT2D eigenvalue weighted by molar-refractivity contribution is -0.448. The lowest BCUT2D eigenvalue weighted by Crippen LogP contribution is -2.56. The molecule has 0 spiro atoms. The minimum atomic E-state index is -3.79. The van der Waals surface area contributed by atoms with Crippen LogP contribution in [0.5, 0.6) is 0 Å². The molecule has 4 aliphatic rings. The van der Waals surface area contributed by atoms with Crippen LogP contribution in [0.3, 0.4) is 0 Å². The van der Waals surface area contributed by atoms with Gasteiger partial charge in [-0.25, -0.2) is 17.9 Å². The van der Waals surface area contributed by atoms with Crippen LogP contribution in [-0.4, -0.2) is 77.3 Å². The van der Waals surface area contributed by atoms with E-state index in [-0.39, 0.29) is 17.5 Å². The van der Waals surface area contributed by atoms with E-state index in [9.17, 15) is 18.0 Å². The topological polar surface area (TPSA) is 116 Å². The number of sulfonamides is 1. The van der Waals surface area contributed by atoms with E-state index < -0.39 is 33.4 Å². The highest BCUT2D eigenvalue weighted by Gasteiger charge is 2.50. The molecule has 2 aliphatic heterocycles. The molecule has 2 unspecified atom stereocenters. The third kappa shape index (κ3) is 4.76. The van der Waals surface area contributed by atoms with E-state index in [0.29, 0.717) is 23.7 Å². The van der Waals surface area contributed by atoms with Crippen molar-refractivity contribution in [2.45, 2.75) is 64.1 Å². The van der Waals surface area contributed by atoms with E-state index in [1.807, 2.05) is 14.0 Å². The van der Waals surface area contributed by atoms with Gasteiger partial charge in [0.2, 0.25) is 10.0 Å². The molecule has 35 heavy (non-hydrogen) atoms. The Hall–Kier alpha value is -2.63. The van der Waals surface area contributed by atoms with Gasteiger partial charge in [0.15, 0.2) is 12.3 Å². The maximum atomic E-state index is 13.6. The number of carbonyl (C=O) groups is 2. The zero-order valence-electron chi connectivity index (χ0n) is 20.4. The summed E-state index contributed by atoms with van der Waals surface area (Å²) < 4.78 is 35.7. The Morgan fingerprint density at radius 1 is 1.26 bits per heavy atom. The van der Waals surface area contributed by atoms with E-state index >= 15 is 0 Å². The Bertz CT molecular complexity index is 1260. The fraction of sp³-hybridized carbons (Fsp3) is 0.583. The van der Waals surface area contributed by atoms with Crippen molar-refractivity contribution < 1.29 is 27.1 Å². The lowest BCUT2D eigenvalue weighted by Gasteiger charge is -2.34. The summed E-state index contributed by atoms with van der Waals surface area (Å²) in [5.74, 6) is -0.954. The summed E-state index contributed by atoms with van der Waals surface area (Å²) in [6, 6.07) is 1.41. The summed E-state index contributed by atoms with van der Waals surface area (Å²) in [4.78, 5) is 30.6. The molecule has 5 rings (SSSR count). The normalized spacial score (nSPS) is 26.7. The summed E-state index contributed by atoms with van der Waals surface area (Å²) in [6.45, 7) is 4.95. The first-order valence-electron chi connectivity index (χ1n) is 12.1. The minimum absolute atomic E-state index is 0.0484. The second kappa shape index (κ2) is 8.79. The second-order valence-electron chi connectivity index (χ2n) is 10.4. The number of nitrogens with one attached hydrogen (secondary N) is 1. The molecule has 10 nitrogen and oxygen atoms in total. The molecule has 0 radical (unpaired) electrons. The first-order chi connectivity index (χ1) is 16.6. The van der Waals surface area contributed by atoms with Crippen LogP contribution in [0.25, 0.3) is 0 Å². The van der Waals surface area contributed by atoms with Gasteiger partial charge in [-0.1, -0.05) is 11.6 Å². The number of hydrogen-bond acceptors (Lipinski definition) is 7. The maximum absolute atomic E-state index is 13.6. The largest absolute Gasteiger partial charge is 0.501 e. The molecule has 1 N–H and O–H groups in total. The van der Waals surface area contributed by atoms with E-state index in [1.54, 1.807) is 23.6 Å². The molecular weight excluding hydrogens is 470 g/mol. The van der Waals surface area contributed by atoms with Crippen molar-refractivity contribution in [1.82, 2.24) is 19.7 Å². The summed E-state index contributed by atoms with van der Waals surface area (Å²) >= 11 is 0. The van der Waals surface area contributed by atoms with Crippen LogP contribution < -0.4 is 4.72 Å². The number of hydrogen-bond donors (Lipinski definition) is 1. The SMILES string of the molecule is Cc1cc(CN2C(=O)C3C=C(S(=O)(=O)NC4(C)CC4)C=CC3=[N+](CC3CCCCN3C)C2=O)on1. The fourth-order valence-corrected chi connectivity index (χ4v) is 6.50. The number of carbonyl (C=O) groups excluding carboxylic acids is 2. The average Bonchev–Trinajstić information content (AvgIpc) is 3.38. The van der Waals surface area contributed by atoms with Gasteiger partial charge >= 0.3 is 11.9 Å². The van der Waals surface area contributed by atoms with Gasteiger partial charge in [0.05, 0.1) is 10.6 Å². The van der Waals surface area contributed by atoms with Crippen LogP contribution in [-0.2, 0) is 21.4 Å². The first-order valence-corrected chi connectivity index (χ1v) is 13.6. The number of aryl methyl sites for hydroxylation is 1. The van der Waals surface area contributed by atoms with Gasteiger partial charge in [-0.3, -0.25) is 4.90 Å². The Balaban J connectivity index is 1.51. The summed E-state index contributed by atoms with van der Waals surface area (Å²) in [6.07, 6.45) is 9.29. The Kier molecular flexibility index (Phi) is 6.05. The van der Waals surface area contributed by atoms with Crippen LogP contribution in [0.1, 0.15) is 50.5 Å². The zero-order valence-corrected chi connectivity index (χ0v) is 21.2. The highest BCUT2D eigenvalue weighted by molar-refractivity contribution is 7.93. The van der Waals surface area contributed by atoms with Gasteiger partial charge < -0.3 is 4.52 Å². The average molecular weight is 503 g/mol. The Labute approximate surface area is 205 Å². The highest BCUT2D eigenvalue weighted by Crippen LogP contribution is 2.36. The number of nitrogens with zero attached hydrogens (tertiary/aromatic N) is 4. The molecule has 3 heterocycles. The van der Waals surface area contributed by atoms with Crippen molar-refractivity contribution in [2.24, 2.45) is 5.92 Å². The Morgan fingerprint density at radius 3 is 2.69 bits per heavy atom. The summed E-state index contributed by atoms with van der Waals surface area (Å²) in [5.41, 5.74) is 0.733. The molecule has 2 aliphatic carbocycles. The van der Waals surface area contributed by atoms with Crippen LogP contribution in [0.15, 0.2) is 33.7 Å². The molecule has 0 aromatic carbocycles. The lowest BCUT2D eigenvalue weighted by atomic mass is 9.93. The van der Waals surface area contributed by atoms with Gasteiger partial charge in [0.1, 0.15) is 18.2 Å². The van der Waals surface area contributed by atoms with Crippen molar-refractivity contribution in [3.05, 3.63) is 40.7 Å². The van der Waals surface area contributed by atoms with Gasteiger partial charge in [-0.2, -0.15) is 14.3 Å². The number of likely N-dealkylation sites (N-methyl/N-ethyl adjacent to an activating group) is 1. The standard InChI is InChI=1S/C24H32N5O5S/c1-16-12-18(34-25-16)15-29-22(30)20-13-19(35(32,33)26-24(2)9-10-24)7-8-21(20)28(23(29)31)14-17-6-4-5-11-27(17)3/h7-8,12-13,17,20,26H,4-6,9-11,14-15H2,1-3H3/q+1. The second-order valence-corrected chi connectivity index (χ2v) is 12.0. The third-order valence-electron chi connectivity index (χ3n) is 7.37. The molecule has 1 saturated carbocycles. The Morgan fingerprint density at radius 2 is 2.03 bits per heavy atom. The number of urea groups is 1. The van der Waals surface area contributed by atoms with E-state index in [2.05, 4.69) is 14.8 Å². The third-order valence-corrected chi connectivity index (χ3v) is 9.02. The van der Waals surface area contributed by atoms with Crippen LogP contribution >= 0.6 is 0 Å². The number of imide groups is 1. The molecule has 2 fully saturated rings. The predicted molar refractivity (Wildman–Crippen MR) is 128 cm³/mol. The number of rotatable bonds is 7. The van der Waals surface area contributed by atoms with Gasteiger partial charge in [-0.05, 0) is 71.4 Å². The number of amides is 3. The number of piperidine rings is 1. The molecular formula is C24H32N5O5S+. The molecule has 1 saturated heterocycles. The molecule has 2 atom stereocenters. The van der Waals surface area contributed by atoms with Crippen LogP contribution in [0.4, 0.5) is 4.79 Å². The van der Waals surface area contributed by atoms with Crippen molar-refractivity contribution in [1.29, 1.82) is 0 Å². The number of likely N-dealkylation sites (tertiary alicyclic amines) is 1. The molecule has 1 aromatic heterocycles. The zero-order chi connectivity index (χ0) is 25.0. The highest BCUT2D eigenvalue weighted by atomic mass is 32.2. The van der Waals surface area contributed by atoms with Crippen molar-refractivity contribution in [3.63, 3.8) is 0 Å². The quantitative estimate of drug-likeness (QED) is 0.567. The number of allylic oxidation sites excluding steroid dienone is 2. The summed E-state index contributed by atoms with van der Waals surface area (Å²) in [5, 5.41) is 3.86. The molecule has 0 bridgehead atoms. The predicted octanol–water partition coefficient (Wildman–Crippen LogP) is 1.92. The van der Waals surface area contributed by atoms with Crippen molar-refractivity contribution in [2.75, 3.05) is 20.1 Å². The number of aromatic nitrogens is 1. The van der Waals surface area contributed by atoms with Crippen molar-refractivity contribution >= 4 is 27.7 Å². The first kappa shape index (κ1) is 24.1. The summed E-state index contributed by atoms with van der Waals surface area (Å²) in [7, 11) is -1.74. The van der Waals surface area contributed by atoms with E-state index in [4.69, 9.17) is 4.52 Å². The molecule has 188 valence electrons. The number of fused-ring (bicyclic) bond motifs is 1.